The van der Waals surface area contributed by atoms with Crippen molar-refractivity contribution >= 4 is 28.8 Å². The summed E-state index contributed by atoms with van der Waals surface area (Å²) in [6.45, 7) is 1.25. The lowest BCUT2D eigenvalue weighted by atomic mass is 10.1. The molecule has 5 rings (SSSR count). The van der Waals surface area contributed by atoms with Crippen molar-refractivity contribution in [2.24, 2.45) is 0 Å². The summed E-state index contributed by atoms with van der Waals surface area (Å²) in [6, 6.07) is 15.9. The van der Waals surface area contributed by atoms with Crippen molar-refractivity contribution in [2.75, 3.05) is 6.54 Å². The number of furan rings is 1. The van der Waals surface area contributed by atoms with E-state index in [9.17, 15) is 14.4 Å². The van der Waals surface area contributed by atoms with Crippen LogP contribution in [0, 0.1) is 0 Å². The molecule has 0 saturated heterocycles. The second-order valence-corrected chi connectivity index (χ2v) is 7.57. The van der Waals surface area contributed by atoms with Crippen LogP contribution in [0.1, 0.15) is 43.3 Å². The van der Waals surface area contributed by atoms with Gasteiger partial charge in [0.05, 0.1) is 41.3 Å². The maximum Gasteiger partial charge on any atom is 0.261 e. The van der Waals surface area contributed by atoms with Gasteiger partial charge in [-0.25, -0.2) is 4.98 Å². The number of carbonyl (C=O) groups excluding carboxylic acids is 3. The van der Waals surface area contributed by atoms with E-state index in [2.05, 4.69) is 14.9 Å². The first-order chi connectivity index (χ1) is 15.6. The molecule has 3 amide bonds. The van der Waals surface area contributed by atoms with Gasteiger partial charge in [-0.3, -0.25) is 19.3 Å². The van der Waals surface area contributed by atoms with Crippen molar-refractivity contribution < 1.29 is 18.8 Å². The highest BCUT2D eigenvalue weighted by Gasteiger charge is 2.36. The molecule has 160 valence electrons. The fourth-order valence-corrected chi connectivity index (χ4v) is 3.88. The molecule has 1 N–H and O–H groups in total. The van der Waals surface area contributed by atoms with Gasteiger partial charge in [0, 0.05) is 18.7 Å². The molecule has 8 nitrogen and oxygen atoms in total. The number of nitrogens with zero attached hydrogens (tertiary/aromatic N) is 3. The lowest BCUT2D eigenvalue weighted by Crippen LogP contribution is -2.28. The smallest absolute Gasteiger partial charge is 0.261 e. The van der Waals surface area contributed by atoms with Gasteiger partial charge in [-0.15, -0.1) is 0 Å². The molecule has 0 spiro atoms. The summed E-state index contributed by atoms with van der Waals surface area (Å²) in [7, 11) is 0. The zero-order valence-electron chi connectivity index (χ0n) is 17.2. The van der Waals surface area contributed by atoms with E-state index in [1.165, 1.54) is 18.4 Å². The minimum atomic E-state index is -0.428. The van der Waals surface area contributed by atoms with E-state index < -0.39 is 5.91 Å². The molecule has 32 heavy (non-hydrogen) atoms. The van der Waals surface area contributed by atoms with E-state index in [0.29, 0.717) is 23.4 Å². The van der Waals surface area contributed by atoms with Crippen molar-refractivity contribution in [3.05, 3.63) is 89.6 Å². The maximum atomic E-state index is 12.7. The molecule has 0 fully saturated rings. The normalized spacial score (nSPS) is 13.1. The zero-order chi connectivity index (χ0) is 22.1. The summed E-state index contributed by atoms with van der Waals surface area (Å²) >= 11 is 0. The van der Waals surface area contributed by atoms with Crippen LogP contribution < -0.4 is 5.32 Å². The number of aromatic nitrogens is 2. The highest BCUT2D eigenvalue weighted by atomic mass is 16.3. The first-order valence-corrected chi connectivity index (χ1v) is 10.3. The van der Waals surface area contributed by atoms with E-state index in [1.807, 2.05) is 24.3 Å². The lowest BCUT2D eigenvalue weighted by molar-refractivity contribution is 0.0631. The molecular formula is C24H20N4O4. The van der Waals surface area contributed by atoms with Gasteiger partial charge in [0.15, 0.2) is 0 Å². The molecule has 0 aliphatic carbocycles. The number of amides is 3. The third kappa shape index (κ3) is 3.56. The molecule has 2 aromatic heterocycles. The summed E-state index contributed by atoms with van der Waals surface area (Å²) in [5, 5.41) is 2.88. The molecule has 0 bridgehead atoms. The Labute approximate surface area is 183 Å². The predicted molar refractivity (Wildman–Crippen MR) is 116 cm³/mol. The van der Waals surface area contributed by atoms with Crippen LogP contribution >= 0.6 is 0 Å². The number of para-hydroxylation sites is 2. The average molecular weight is 428 g/mol. The Morgan fingerprint density at radius 3 is 2.69 bits per heavy atom. The third-order valence-electron chi connectivity index (χ3n) is 5.52. The Kier molecular flexibility index (Phi) is 5.03. The average Bonchev–Trinajstić information content (AvgIpc) is 3.53. The van der Waals surface area contributed by atoms with E-state index >= 15 is 0 Å². The summed E-state index contributed by atoms with van der Waals surface area (Å²) in [4.78, 5) is 43.4. The molecular weight excluding hydrogens is 408 g/mol. The van der Waals surface area contributed by atoms with Gasteiger partial charge in [-0.2, -0.15) is 0 Å². The first kappa shape index (κ1) is 19.7. The summed E-state index contributed by atoms with van der Waals surface area (Å²) in [6.07, 6.45) is 4.01. The van der Waals surface area contributed by atoms with Crippen molar-refractivity contribution in [1.29, 1.82) is 0 Å². The fraction of sp³-hybridized carbons (Fsp3) is 0.167. The largest absolute Gasteiger partial charge is 0.467 e. The molecule has 1 aliphatic rings. The quantitative estimate of drug-likeness (QED) is 0.360. The minimum absolute atomic E-state index is 0.0593. The number of hydrogen-bond donors (Lipinski definition) is 1. The van der Waals surface area contributed by atoms with Crippen LogP contribution in [0.15, 0.2) is 71.6 Å². The first-order valence-electron chi connectivity index (χ1n) is 10.3. The van der Waals surface area contributed by atoms with Crippen molar-refractivity contribution in [3.8, 4) is 0 Å². The van der Waals surface area contributed by atoms with Crippen LogP contribution in [0.3, 0.4) is 0 Å². The van der Waals surface area contributed by atoms with Crippen molar-refractivity contribution in [2.45, 2.75) is 19.5 Å². The Morgan fingerprint density at radius 2 is 1.84 bits per heavy atom. The number of nitrogens with one attached hydrogen (secondary N) is 1. The van der Waals surface area contributed by atoms with E-state index in [4.69, 9.17) is 4.42 Å². The van der Waals surface area contributed by atoms with E-state index in [-0.39, 0.29) is 23.9 Å². The van der Waals surface area contributed by atoms with Gasteiger partial charge in [-0.1, -0.05) is 12.1 Å². The molecule has 0 saturated carbocycles. The van der Waals surface area contributed by atoms with E-state index in [0.717, 1.165) is 28.9 Å². The van der Waals surface area contributed by atoms with Gasteiger partial charge in [-0.05, 0) is 48.9 Å². The maximum absolute atomic E-state index is 12.7. The van der Waals surface area contributed by atoms with Gasteiger partial charge in [0.25, 0.3) is 17.7 Å². The van der Waals surface area contributed by atoms with Gasteiger partial charge < -0.3 is 14.3 Å². The lowest BCUT2D eigenvalue weighted by Gasteiger charge is -2.11. The molecule has 2 aromatic carbocycles. The molecule has 0 radical (unpaired) electrons. The number of aryl methyl sites for hydroxylation is 1. The summed E-state index contributed by atoms with van der Waals surface area (Å²) in [5.41, 5.74) is 2.87. The number of benzene rings is 2. The Balaban J connectivity index is 1.21. The summed E-state index contributed by atoms with van der Waals surface area (Å²) < 4.78 is 7.29. The van der Waals surface area contributed by atoms with Crippen LogP contribution in [-0.4, -0.2) is 38.7 Å². The van der Waals surface area contributed by atoms with Crippen LogP contribution in [0.25, 0.3) is 11.0 Å². The Bertz CT molecular complexity index is 1320. The molecule has 0 atom stereocenters. The topological polar surface area (TPSA) is 97.4 Å². The number of imidazole rings is 1. The highest BCUT2D eigenvalue weighted by molar-refractivity contribution is 6.22. The number of fused-ring (bicyclic) bond motifs is 2. The highest BCUT2D eigenvalue weighted by Crippen LogP contribution is 2.25. The van der Waals surface area contributed by atoms with Crippen LogP contribution in [0.5, 0.6) is 0 Å². The number of hydrogen-bond acceptors (Lipinski definition) is 5. The van der Waals surface area contributed by atoms with Crippen LogP contribution in [0.4, 0.5) is 0 Å². The molecule has 8 heteroatoms. The molecule has 0 unspecified atom stereocenters. The Morgan fingerprint density at radius 1 is 1.00 bits per heavy atom. The third-order valence-corrected chi connectivity index (χ3v) is 5.52. The standard InChI is InChI=1S/C24H20N4O4/c29-22(25-10-4-11-27-15-26-20-6-1-2-7-21(20)27)16-8-9-18-19(13-16)24(31)28(23(18)30)14-17-5-3-12-32-17/h1-3,5-9,12-13,15H,4,10-11,14H2,(H,25,29). The second kappa shape index (κ2) is 8.14. The van der Waals surface area contributed by atoms with Gasteiger partial charge in [0.2, 0.25) is 0 Å². The zero-order valence-corrected chi connectivity index (χ0v) is 17.2. The number of rotatable bonds is 7. The molecule has 3 heterocycles. The SMILES string of the molecule is O=C(NCCCn1cnc2ccccc21)c1ccc2c(c1)C(=O)N(Cc1ccco1)C2=O. The van der Waals surface area contributed by atoms with Gasteiger partial charge in [0.1, 0.15) is 5.76 Å². The minimum Gasteiger partial charge on any atom is -0.467 e. The number of imide groups is 1. The Hall–Kier alpha value is -4.20. The molecule has 1 aliphatic heterocycles. The molecule has 4 aromatic rings. The summed E-state index contributed by atoms with van der Waals surface area (Å²) in [5.74, 6) is -0.583. The van der Waals surface area contributed by atoms with E-state index in [1.54, 1.807) is 24.5 Å². The second-order valence-electron chi connectivity index (χ2n) is 7.57. The monoisotopic (exact) mass is 428 g/mol. The predicted octanol–water partition coefficient (Wildman–Crippen LogP) is 3.25. The fourth-order valence-electron chi connectivity index (χ4n) is 3.88. The van der Waals surface area contributed by atoms with Crippen molar-refractivity contribution in [1.82, 2.24) is 19.8 Å². The van der Waals surface area contributed by atoms with Crippen molar-refractivity contribution in [3.63, 3.8) is 0 Å². The van der Waals surface area contributed by atoms with Crippen LogP contribution in [0.2, 0.25) is 0 Å². The number of carbonyl (C=O) groups is 3. The van der Waals surface area contributed by atoms with Crippen LogP contribution in [-0.2, 0) is 13.1 Å². The van der Waals surface area contributed by atoms with Gasteiger partial charge >= 0.3 is 0 Å².